The van der Waals surface area contributed by atoms with Crippen molar-refractivity contribution in [1.82, 2.24) is 10.1 Å². The van der Waals surface area contributed by atoms with Gasteiger partial charge in [0.25, 0.3) is 11.8 Å². The van der Waals surface area contributed by atoms with E-state index >= 15 is 0 Å². The van der Waals surface area contributed by atoms with Crippen molar-refractivity contribution in [3.63, 3.8) is 0 Å². The maximum Gasteiger partial charge on any atom is 0.260 e. The Labute approximate surface area is 197 Å². The van der Waals surface area contributed by atoms with Crippen molar-refractivity contribution in [3.05, 3.63) is 71.8 Å². The first-order valence-corrected chi connectivity index (χ1v) is 10.7. The molecular weight excluding hydrogens is 434 g/mol. The molecule has 8 heteroatoms. The van der Waals surface area contributed by atoms with Crippen LogP contribution in [-0.4, -0.2) is 37.4 Å². The van der Waals surface area contributed by atoms with Gasteiger partial charge in [0.15, 0.2) is 11.5 Å². The predicted molar refractivity (Wildman–Crippen MR) is 129 cm³/mol. The maximum atomic E-state index is 12.8. The van der Waals surface area contributed by atoms with Gasteiger partial charge in [0.2, 0.25) is 11.6 Å². The van der Waals surface area contributed by atoms with E-state index in [9.17, 15) is 4.79 Å². The lowest BCUT2D eigenvalue weighted by Crippen LogP contribution is -2.12. The van der Waals surface area contributed by atoms with Gasteiger partial charge in [0.05, 0.1) is 32.6 Å². The Kier molecular flexibility index (Phi) is 6.77. The quantitative estimate of drug-likeness (QED) is 0.385. The minimum Gasteiger partial charge on any atom is -0.493 e. The molecule has 1 aromatic heterocycles. The summed E-state index contributed by atoms with van der Waals surface area (Å²) in [6, 6.07) is 18.3. The minimum absolute atomic E-state index is 0.223. The predicted octanol–water partition coefficient (Wildman–Crippen LogP) is 5.24. The molecule has 1 amide bonds. The molecule has 1 heterocycles. The summed E-state index contributed by atoms with van der Waals surface area (Å²) in [5, 5.41) is 7.06. The Balaban J connectivity index is 1.64. The van der Waals surface area contributed by atoms with E-state index in [0.717, 1.165) is 6.42 Å². The molecule has 3 aromatic carbocycles. The highest BCUT2D eigenvalue weighted by molar-refractivity contribution is 6.06. The van der Waals surface area contributed by atoms with Crippen LogP contribution in [-0.2, 0) is 6.42 Å². The summed E-state index contributed by atoms with van der Waals surface area (Å²) >= 11 is 0. The third-order valence-electron chi connectivity index (χ3n) is 5.38. The maximum absolute atomic E-state index is 12.8. The van der Waals surface area contributed by atoms with Gasteiger partial charge in [-0.25, -0.2) is 0 Å². The summed E-state index contributed by atoms with van der Waals surface area (Å²) in [4.78, 5) is 17.3. The van der Waals surface area contributed by atoms with Crippen LogP contribution in [0.4, 0.5) is 5.69 Å². The summed E-state index contributed by atoms with van der Waals surface area (Å²) < 4.78 is 21.7. The van der Waals surface area contributed by atoms with E-state index in [1.165, 1.54) is 26.9 Å². The Morgan fingerprint density at radius 3 is 2.24 bits per heavy atom. The average Bonchev–Trinajstić information content (AvgIpc) is 3.38. The number of para-hydroxylation sites is 1. The van der Waals surface area contributed by atoms with Crippen LogP contribution in [0.1, 0.15) is 22.8 Å². The fourth-order valence-electron chi connectivity index (χ4n) is 3.53. The van der Waals surface area contributed by atoms with Crippen molar-refractivity contribution in [3.8, 4) is 40.1 Å². The molecule has 0 unspecified atom stereocenters. The molecule has 0 radical (unpaired) electrons. The Bertz CT molecular complexity index is 1270. The molecule has 4 rings (SSSR count). The largest absolute Gasteiger partial charge is 0.493 e. The third kappa shape index (κ3) is 4.56. The second kappa shape index (κ2) is 10.1. The van der Waals surface area contributed by atoms with E-state index in [1.807, 2.05) is 42.5 Å². The van der Waals surface area contributed by atoms with Crippen molar-refractivity contribution in [2.45, 2.75) is 13.3 Å². The summed E-state index contributed by atoms with van der Waals surface area (Å²) in [7, 11) is 4.62. The number of nitrogens with one attached hydrogen (secondary N) is 1. The normalized spacial score (nSPS) is 10.6. The van der Waals surface area contributed by atoms with Crippen molar-refractivity contribution in [2.75, 3.05) is 26.6 Å². The van der Waals surface area contributed by atoms with Crippen molar-refractivity contribution >= 4 is 11.6 Å². The van der Waals surface area contributed by atoms with E-state index in [0.29, 0.717) is 45.5 Å². The van der Waals surface area contributed by atoms with Crippen LogP contribution < -0.4 is 19.5 Å². The van der Waals surface area contributed by atoms with Crippen molar-refractivity contribution in [2.24, 2.45) is 0 Å². The first-order chi connectivity index (χ1) is 16.6. The van der Waals surface area contributed by atoms with Gasteiger partial charge in [0.1, 0.15) is 0 Å². The number of rotatable bonds is 8. The van der Waals surface area contributed by atoms with E-state index in [2.05, 4.69) is 22.4 Å². The topological polar surface area (TPSA) is 95.7 Å². The molecule has 0 aliphatic heterocycles. The number of benzene rings is 3. The summed E-state index contributed by atoms with van der Waals surface area (Å²) in [5.41, 5.74) is 3.53. The van der Waals surface area contributed by atoms with Gasteiger partial charge >= 0.3 is 0 Å². The fourth-order valence-corrected chi connectivity index (χ4v) is 3.53. The van der Waals surface area contributed by atoms with Gasteiger partial charge < -0.3 is 24.1 Å². The van der Waals surface area contributed by atoms with Gasteiger partial charge in [-0.1, -0.05) is 36.3 Å². The van der Waals surface area contributed by atoms with E-state index < -0.39 is 0 Å². The zero-order valence-electron chi connectivity index (χ0n) is 19.4. The zero-order valence-corrected chi connectivity index (χ0v) is 19.4. The number of amides is 1. The van der Waals surface area contributed by atoms with Crippen LogP contribution in [0.3, 0.4) is 0 Å². The molecule has 0 atom stereocenters. The number of hydrogen-bond acceptors (Lipinski definition) is 7. The third-order valence-corrected chi connectivity index (χ3v) is 5.38. The lowest BCUT2D eigenvalue weighted by molar-refractivity contribution is 0.102. The highest BCUT2D eigenvalue weighted by Crippen LogP contribution is 2.41. The molecule has 0 aliphatic rings. The number of aryl methyl sites for hydroxylation is 1. The first-order valence-electron chi connectivity index (χ1n) is 10.7. The molecule has 0 fully saturated rings. The standard InChI is InChI=1S/C26H25N3O5/c1-5-16-10-12-17(13-11-16)25(30)27-20-9-7-6-8-19(20)26-28-24(29-34-26)18-14-21(31-2)23(33-4)22(15-18)32-3/h6-15H,5H2,1-4H3,(H,27,30). The Hall–Kier alpha value is -4.33. The number of hydrogen-bond donors (Lipinski definition) is 1. The van der Waals surface area contributed by atoms with Crippen LogP contribution >= 0.6 is 0 Å². The van der Waals surface area contributed by atoms with Crippen LogP contribution in [0.2, 0.25) is 0 Å². The van der Waals surface area contributed by atoms with E-state index in [-0.39, 0.29) is 11.8 Å². The van der Waals surface area contributed by atoms with Crippen LogP contribution in [0.15, 0.2) is 65.2 Å². The number of anilines is 1. The van der Waals surface area contributed by atoms with Gasteiger partial charge in [-0.05, 0) is 48.4 Å². The van der Waals surface area contributed by atoms with E-state index in [1.54, 1.807) is 18.2 Å². The molecule has 4 aromatic rings. The number of methoxy groups -OCH3 is 3. The second-order valence-corrected chi connectivity index (χ2v) is 7.39. The highest BCUT2D eigenvalue weighted by Gasteiger charge is 2.19. The average molecular weight is 460 g/mol. The molecule has 0 saturated heterocycles. The van der Waals surface area contributed by atoms with Crippen LogP contribution in [0.25, 0.3) is 22.8 Å². The number of carbonyl (C=O) groups is 1. The highest BCUT2D eigenvalue weighted by atomic mass is 16.5. The van der Waals surface area contributed by atoms with Gasteiger partial charge in [-0.15, -0.1) is 0 Å². The second-order valence-electron chi connectivity index (χ2n) is 7.39. The van der Waals surface area contributed by atoms with Gasteiger partial charge in [-0.3, -0.25) is 4.79 Å². The summed E-state index contributed by atoms with van der Waals surface area (Å²) in [6.45, 7) is 2.07. The van der Waals surface area contributed by atoms with Crippen LogP contribution in [0.5, 0.6) is 17.2 Å². The van der Waals surface area contributed by atoms with Crippen LogP contribution in [0, 0.1) is 0 Å². The minimum atomic E-state index is -0.223. The Morgan fingerprint density at radius 1 is 0.941 bits per heavy atom. The van der Waals surface area contributed by atoms with Gasteiger partial charge in [-0.2, -0.15) is 4.98 Å². The smallest absolute Gasteiger partial charge is 0.260 e. The number of carbonyl (C=O) groups excluding carboxylic acids is 1. The van der Waals surface area contributed by atoms with Crippen molar-refractivity contribution < 1.29 is 23.5 Å². The molecule has 174 valence electrons. The molecule has 8 nitrogen and oxygen atoms in total. The van der Waals surface area contributed by atoms with Crippen molar-refractivity contribution in [1.29, 1.82) is 0 Å². The molecule has 0 aliphatic carbocycles. The first kappa shape index (κ1) is 22.8. The number of aromatic nitrogens is 2. The molecule has 0 saturated carbocycles. The zero-order chi connectivity index (χ0) is 24.1. The fraction of sp³-hybridized carbons (Fsp3) is 0.192. The molecule has 0 spiro atoms. The SMILES string of the molecule is CCc1ccc(C(=O)Nc2ccccc2-c2nc(-c3cc(OC)c(OC)c(OC)c3)no2)cc1. The lowest BCUT2D eigenvalue weighted by Gasteiger charge is -2.12. The monoisotopic (exact) mass is 459 g/mol. The van der Waals surface area contributed by atoms with E-state index in [4.69, 9.17) is 18.7 Å². The summed E-state index contributed by atoms with van der Waals surface area (Å²) in [5.74, 6) is 1.80. The number of nitrogens with zero attached hydrogens (tertiary/aromatic N) is 2. The Morgan fingerprint density at radius 2 is 1.62 bits per heavy atom. The molecule has 0 bridgehead atoms. The summed E-state index contributed by atoms with van der Waals surface area (Å²) in [6.07, 6.45) is 0.913. The number of ether oxygens (including phenoxy) is 3. The van der Waals surface area contributed by atoms with Gasteiger partial charge in [0, 0.05) is 11.1 Å². The molecular formula is C26H25N3O5. The molecule has 1 N–H and O–H groups in total. The lowest BCUT2D eigenvalue weighted by atomic mass is 10.1. The molecule has 34 heavy (non-hydrogen) atoms.